The summed E-state index contributed by atoms with van der Waals surface area (Å²) in [4.78, 5) is 26.5. The molecule has 2 N–H and O–H groups in total. The molecule has 1 aliphatic heterocycles. The number of benzene rings is 2. The summed E-state index contributed by atoms with van der Waals surface area (Å²) in [5.41, 5.74) is 2.07. The van der Waals surface area contributed by atoms with Crippen molar-refractivity contribution in [3.8, 4) is 0 Å². The third-order valence-electron chi connectivity index (χ3n) is 6.95. The summed E-state index contributed by atoms with van der Waals surface area (Å²) in [6, 6.07) is 18.1. The maximum absolute atomic E-state index is 12.2. The standard InChI is InChI=1S/C25H30N2O3/c1-18-7-6-10-21(15-18)25(23(29)30)16-22(25)17-27-13-11-24(12-14-27,26-19(2)28)20-8-4-3-5-9-20/h3-10,15,22H,11-14,16-17H2,1-2H3,(H,26,28)(H,29,30). The zero-order valence-corrected chi connectivity index (χ0v) is 17.7. The van der Waals surface area contributed by atoms with Gasteiger partial charge >= 0.3 is 5.97 Å². The second-order valence-corrected chi connectivity index (χ2v) is 8.98. The van der Waals surface area contributed by atoms with Gasteiger partial charge in [0.25, 0.3) is 0 Å². The second-order valence-electron chi connectivity index (χ2n) is 8.98. The number of hydrogen-bond acceptors (Lipinski definition) is 3. The van der Waals surface area contributed by atoms with Crippen molar-refractivity contribution in [3.05, 3.63) is 71.3 Å². The molecular weight excluding hydrogens is 376 g/mol. The van der Waals surface area contributed by atoms with Crippen LogP contribution in [0.3, 0.4) is 0 Å². The molecule has 2 aliphatic rings. The average molecular weight is 407 g/mol. The van der Waals surface area contributed by atoms with Crippen LogP contribution >= 0.6 is 0 Å². The largest absolute Gasteiger partial charge is 0.481 e. The van der Waals surface area contributed by atoms with Crippen molar-refractivity contribution < 1.29 is 14.7 Å². The molecule has 2 unspecified atom stereocenters. The molecule has 5 nitrogen and oxygen atoms in total. The van der Waals surface area contributed by atoms with Gasteiger partial charge in [-0.05, 0) is 43.2 Å². The molecule has 0 bridgehead atoms. The van der Waals surface area contributed by atoms with Gasteiger partial charge in [0.15, 0.2) is 0 Å². The van der Waals surface area contributed by atoms with E-state index in [0.29, 0.717) is 6.42 Å². The lowest BCUT2D eigenvalue weighted by Crippen LogP contribution is -2.53. The summed E-state index contributed by atoms with van der Waals surface area (Å²) >= 11 is 0. The molecule has 1 saturated carbocycles. The van der Waals surface area contributed by atoms with Gasteiger partial charge in [-0.3, -0.25) is 9.59 Å². The molecule has 2 aromatic carbocycles. The Labute approximate surface area is 178 Å². The third-order valence-corrected chi connectivity index (χ3v) is 6.95. The minimum atomic E-state index is -0.752. The van der Waals surface area contributed by atoms with Crippen molar-refractivity contribution in [2.45, 2.75) is 44.1 Å². The Morgan fingerprint density at radius 1 is 1.07 bits per heavy atom. The first kappa shape index (κ1) is 20.6. The predicted octanol–water partition coefficient (Wildman–Crippen LogP) is 3.46. The number of aliphatic carboxylic acids is 1. The fourth-order valence-corrected chi connectivity index (χ4v) is 5.22. The quantitative estimate of drug-likeness (QED) is 0.771. The zero-order valence-electron chi connectivity index (χ0n) is 17.7. The molecule has 0 spiro atoms. The highest BCUT2D eigenvalue weighted by Crippen LogP contribution is 2.55. The molecule has 1 heterocycles. The molecular formula is C25H30N2O3. The highest BCUT2D eigenvalue weighted by Gasteiger charge is 2.61. The molecule has 2 atom stereocenters. The van der Waals surface area contributed by atoms with E-state index in [0.717, 1.165) is 49.2 Å². The molecule has 4 rings (SSSR count). The number of rotatable bonds is 6. The van der Waals surface area contributed by atoms with Crippen LogP contribution in [-0.4, -0.2) is 41.5 Å². The Morgan fingerprint density at radius 2 is 1.73 bits per heavy atom. The van der Waals surface area contributed by atoms with Gasteiger partial charge in [-0.2, -0.15) is 0 Å². The Kier molecular flexibility index (Phi) is 5.41. The van der Waals surface area contributed by atoms with Gasteiger partial charge in [-0.25, -0.2) is 0 Å². The minimum absolute atomic E-state index is 0.0150. The highest BCUT2D eigenvalue weighted by molar-refractivity contribution is 5.86. The first-order valence-corrected chi connectivity index (χ1v) is 10.7. The lowest BCUT2D eigenvalue weighted by Gasteiger charge is -2.43. The fraction of sp³-hybridized carbons (Fsp3) is 0.440. The van der Waals surface area contributed by atoms with Gasteiger partial charge < -0.3 is 15.3 Å². The highest BCUT2D eigenvalue weighted by atomic mass is 16.4. The van der Waals surface area contributed by atoms with Crippen LogP contribution in [0.4, 0.5) is 0 Å². The summed E-state index contributed by atoms with van der Waals surface area (Å²) in [5.74, 6) is -0.604. The van der Waals surface area contributed by atoms with E-state index in [1.165, 1.54) is 0 Å². The van der Waals surface area contributed by atoms with E-state index in [1.807, 2.05) is 49.4 Å². The van der Waals surface area contributed by atoms with E-state index in [1.54, 1.807) is 6.92 Å². The number of carbonyl (C=O) groups excluding carboxylic acids is 1. The lowest BCUT2D eigenvalue weighted by atomic mass is 9.80. The lowest BCUT2D eigenvalue weighted by molar-refractivity contribution is -0.140. The van der Waals surface area contributed by atoms with Crippen LogP contribution in [0.5, 0.6) is 0 Å². The maximum atomic E-state index is 12.2. The van der Waals surface area contributed by atoms with Crippen LogP contribution in [0.15, 0.2) is 54.6 Å². The SMILES string of the molecule is CC(=O)NC1(c2ccccc2)CCN(CC2CC2(C(=O)O)c2cccc(C)c2)CC1. The van der Waals surface area contributed by atoms with E-state index >= 15 is 0 Å². The Hall–Kier alpha value is -2.66. The van der Waals surface area contributed by atoms with Crippen LogP contribution in [-0.2, 0) is 20.5 Å². The first-order chi connectivity index (χ1) is 14.4. The van der Waals surface area contributed by atoms with Gasteiger partial charge in [-0.1, -0.05) is 60.2 Å². The summed E-state index contributed by atoms with van der Waals surface area (Å²) < 4.78 is 0. The Balaban J connectivity index is 1.46. The number of aryl methyl sites for hydroxylation is 1. The van der Waals surface area contributed by atoms with Gasteiger partial charge in [0, 0.05) is 26.6 Å². The Morgan fingerprint density at radius 3 is 2.33 bits per heavy atom. The number of hydrogen-bond donors (Lipinski definition) is 2. The van der Waals surface area contributed by atoms with E-state index in [2.05, 4.69) is 22.3 Å². The normalized spacial score (nSPS) is 25.5. The summed E-state index contributed by atoms with van der Waals surface area (Å²) in [6.45, 7) is 6.05. The van der Waals surface area contributed by atoms with E-state index in [4.69, 9.17) is 0 Å². The van der Waals surface area contributed by atoms with E-state index in [9.17, 15) is 14.7 Å². The molecule has 5 heteroatoms. The Bertz CT molecular complexity index is 934. The number of nitrogens with zero attached hydrogens (tertiary/aromatic N) is 1. The van der Waals surface area contributed by atoms with Crippen LogP contribution < -0.4 is 5.32 Å². The molecule has 2 fully saturated rings. The van der Waals surface area contributed by atoms with Crippen molar-refractivity contribution in [1.29, 1.82) is 0 Å². The maximum Gasteiger partial charge on any atom is 0.314 e. The number of carboxylic acid groups (broad SMARTS) is 1. The second kappa shape index (κ2) is 7.88. The number of amides is 1. The number of carbonyl (C=O) groups is 2. The molecule has 0 radical (unpaired) electrons. The number of nitrogens with one attached hydrogen (secondary N) is 1. The molecule has 1 aliphatic carbocycles. The molecule has 0 aromatic heterocycles. The molecule has 158 valence electrons. The molecule has 2 aromatic rings. The average Bonchev–Trinajstić information content (AvgIpc) is 3.45. The van der Waals surface area contributed by atoms with Crippen molar-refractivity contribution in [3.63, 3.8) is 0 Å². The van der Waals surface area contributed by atoms with E-state index in [-0.39, 0.29) is 17.4 Å². The van der Waals surface area contributed by atoms with Gasteiger partial charge in [0.1, 0.15) is 0 Å². The van der Waals surface area contributed by atoms with Crippen LogP contribution in [0.25, 0.3) is 0 Å². The van der Waals surface area contributed by atoms with Crippen molar-refractivity contribution in [1.82, 2.24) is 10.2 Å². The third kappa shape index (κ3) is 3.74. The number of piperidine rings is 1. The van der Waals surface area contributed by atoms with Crippen LogP contribution in [0.1, 0.15) is 42.9 Å². The summed E-state index contributed by atoms with van der Waals surface area (Å²) in [5, 5.41) is 13.2. The molecule has 30 heavy (non-hydrogen) atoms. The van der Waals surface area contributed by atoms with Crippen molar-refractivity contribution >= 4 is 11.9 Å². The fourth-order valence-electron chi connectivity index (χ4n) is 5.22. The topological polar surface area (TPSA) is 69.6 Å². The van der Waals surface area contributed by atoms with Gasteiger partial charge in [0.05, 0.1) is 11.0 Å². The number of likely N-dealkylation sites (tertiary alicyclic amines) is 1. The number of carboxylic acids is 1. The van der Waals surface area contributed by atoms with Crippen molar-refractivity contribution in [2.24, 2.45) is 5.92 Å². The van der Waals surface area contributed by atoms with E-state index < -0.39 is 11.4 Å². The van der Waals surface area contributed by atoms with Gasteiger partial charge in [-0.15, -0.1) is 0 Å². The van der Waals surface area contributed by atoms with Gasteiger partial charge in [0.2, 0.25) is 5.91 Å². The minimum Gasteiger partial charge on any atom is -0.481 e. The first-order valence-electron chi connectivity index (χ1n) is 10.7. The zero-order chi connectivity index (χ0) is 21.4. The smallest absolute Gasteiger partial charge is 0.314 e. The summed E-state index contributed by atoms with van der Waals surface area (Å²) in [6.07, 6.45) is 2.35. The van der Waals surface area contributed by atoms with Crippen LogP contribution in [0.2, 0.25) is 0 Å². The monoisotopic (exact) mass is 406 g/mol. The summed E-state index contributed by atoms with van der Waals surface area (Å²) in [7, 11) is 0. The predicted molar refractivity (Wildman–Crippen MR) is 116 cm³/mol. The molecule has 1 saturated heterocycles. The molecule has 1 amide bonds. The van der Waals surface area contributed by atoms with Crippen LogP contribution in [0, 0.1) is 12.8 Å². The van der Waals surface area contributed by atoms with Crippen molar-refractivity contribution in [2.75, 3.05) is 19.6 Å².